The highest BCUT2D eigenvalue weighted by atomic mass is 19.4. The molecule has 134 valence electrons. The molecule has 7 nitrogen and oxygen atoms in total. The van der Waals surface area contributed by atoms with Crippen molar-refractivity contribution in [3.8, 4) is 5.69 Å². The van der Waals surface area contributed by atoms with Crippen LogP contribution in [-0.2, 0) is 12.7 Å². The Balaban J connectivity index is 1.54. The van der Waals surface area contributed by atoms with Crippen LogP contribution in [0.4, 0.5) is 23.7 Å². The van der Waals surface area contributed by atoms with Gasteiger partial charge in [-0.1, -0.05) is 5.21 Å². The fourth-order valence-electron chi connectivity index (χ4n) is 2.09. The third-order valence-corrected chi connectivity index (χ3v) is 3.37. The van der Waals surface area contributed by atoms with Gasteiger partial charge in [-0.2, -0.15) is 13.2 Å². The van der Waals surface area contributed by atoms with E-state index in [-0.39, 0.29) is 12.2 Å². The summed E-state index contributed by atoms with van der Waals surface area (Å²) in [6, 6.07) is 7.10. The van der Waals surface area contributed by atoms with Crippen LogP contribution >= 0.6 is 0 Å². The molecule has 3 aromatic rings. The molecule has 0 saturated carbocycles. The molecule has 0 aliphatic heterocycles. The van der Waals surface area contributed by atoms with E-state index in [1.807, 2.05) is 0 Å². The maximum atomic E-state index is 12.5. The molecule has 0 bridgehead atoms. The topological polar surface area (TPSA) is 84.7 Å². The second kappa shape index (κ2) is 7.21. The Labute approximate surface area is 145 Å². The first-order valence-electron chi connectivity index (χ1n) is 7.45. The average Bonchev–Trinajstić information content (AvgIpc) is 3.09. The van der Waals surface area contributed by atoms with Crippen LogP contribution in [0.1, 0.15) is 11.3 Å². The molecule has 1 aromatic carbocycles. The van der Waals surface area contributed by atoms with Crippen molar-refractivity contribution in [1.82, 2.24) is 25.3 Å². The molecule has 2 N–H and O–H groups in total. The van der Waals surface area contributed by atoms with Crippen LogP contribution in [0.5, 0.6) is 0 Å². The minimum Gasteiger partial charge on any atom is -0.332 e. The van der Waals surface area contributed by atoms with Crippen molar-refractivity contribution in [1.29, 1.82) is 0 Å². The summed E-state index contributed by atoms with van der Waals surface area (Å²) in [6.07, 6.45) is 0.466. The van der Waals surface area contributed by atoms with Gasteiger partial charge in [0, 0.05) is 18.1 Å². The number of alkyl halides is 3. The number of carbonyl (C=O) groups excluding carboxylic acids is 1. The van der Waals surface area contributed by atoms with E-state index >= 15 is 0 Å². The number of pyridine rings is 1. The number of halogens is 3. The number of anilines is 1. The van der Waals surface area contributed by atoms with E-state index in [2.05, 4.69) is 25.9 Å². The normalized spacial score (nSPS) is 11.2. The van der Waals surface area contributed by atoms with E-state index in [0.717, 1.165) is 17.8 Å². The Hall–Kier alpha value is -3.43. The van der Waals surface area contributed by atoms with Gasteiger partial charge in [-0.05, 0) is 36.4 Å². The van der Waals surface area contributed by atoms with Crippen LogP contribution in [0.15, 0.2) is 55.0 Å². The Bertz CT molecular complexity index is 877. The second-order valence-corrected chi connectivity index (χ2v) is 5.24. The lowest BCUT2D eigenvalue weighted by molar-refractivity contribution is -0.137. The van der Waals surface area contributed by atoms with Gasteiger partial charge in [0.15, 0.2) is 0 Å². The van der Waals surface area contributed by atoms with Crippen LogP contribution in [0.2, 0.25) is 0 Å². The fourth-order valence-corrected chi connectivity index (χ4v) is 2.09. The molecule has 0 atom stereocenters. The summed E-state index contributed by atoms with van der Waals surface area (Å²) in [6.45, 7) is 0.109. The molecule has 0 saturated heterocycles. The second-order valence-electron chi connectivity index (χ2n) is 5.24. The molecular weight excluding hydrogens is 349 g/mol. The summed E-state index contributed by atoms with van der Waals surface area (Å²) in [7, 11) is 0. The third-order valence-electron chi connectivity index (χ3n) is 3.37. The number of hydrogen-bond acceptors (Lipinski definition) is 4. The van der Waals surface area contributed by atoms with Crippen LogP contribution in [0, 0.1) is 0 Å². The smallest absolute Gasteiger partial charge is 0.332 e. The molecule has 0 unspecified atom stereocenters. The fraction of sp³-hybridized carbons (Fsp3) is 0.125. The molecule has 26 heavy (non-hydrogen) atoms. The number of urea groups is 1. The molecule has 2 heterocycles. The number of benzene rings is 1. The van der Waals surface area contributed by atoms with Crippen LogP contribution in [-0.4, -0.2) is 26.0 Å². The Kier molecular flexibility index (Phi) is 4.83. The minimum absolute atomic E-state index is 0.109. The van der Waals surface area contributed by atoms with Crippen molar-refractivity contribution >= 4 is 11.7 Å². The SMILES string of the molecule is O=C(NCc1cn(-c2ccncc2)nn1)Nc1ccc(C(F)(F)F)cc1. The number of aromatic nitrogens is 4. The molecular formula is C16H13F3N6O. The zero-order chi connectivity index (χ0) is 18.6. The van der Waals surface area contributed by atoms with Crippen molar-refractivity contribution in [3.05, 3.63) is 66.2 Å². The summed E-state index contributed by atoms with van der Waals surface area (Å²) in [5.41, 5.74) is 0.754. The lowest BCUT2D eigenvalue weighted by Crippen LogP contribution is -2.28. The molecule has 0 aliphatic rings. The predicted molar refractivity (Wildman–Crippen MR) is 86.5 cm³/mol. The monoisotopic (exact) mass is 362 g/mol. The van der Waals surface area contributed by atoms with Gasteiger partial charge in [0.25, 0.3) is 0 Å². The highest BCUT2D eigenvalue weighted by Crippen LogP contribution is 2.29. The molecule has 0 fully saturated rings. The first-order valence-corrected chi connectivity index (χ1v) is 7.45. The van der Waals surface area contributed by atoms with Crippen LogP contribution in [0.3, 0.4) is 0 Å². The summed E-state index contributed by atoms with van der Waals surface area (Å²) in [5, 5.41) is 12.9. The van der Waals surface area contributed by atoms with Gasteiger partial charge in [-0.25, -0.2) is 9.48 Å². The van der Waals surface area contributed by atoms with Crippen LogP contribution in [0.25, 0.3) is 5.69 Å². The number of nitrogens with one attached hydrogen (secondary N) is 2. The number of rotatable bonds is 4. The predicted octanol–water partition coefficient (Wildman–Crippen LogP) is 3.00. The van der Waals surface area contributed by atoms with Crippen molar-refractivity contribution in [3.63, 3.8) is 0 Å². The van der Waals surface area contributed by atoms with Crippen molar-refractivity contribution in [2.24, 2.45) is 0 Å². The van der Waals surface area contributed by atoms with Crippen molar-refractivity contribution in [2.45, 2.75) is 12.7 Å². The molecule has 10 heteroatoms. The largest absolute Gasteiger partial charge is 0.416 e. The van der Waals surface area contributed by atoms with Gasteiger partial charge in [0.1, 0.15) is 5.69 Å². The first kappa shape index (κ1) is 17.4. The van der Waals surface area contributed by atoms with E-state index < -0.39 is 17.8 Å². The van der Waals surface area contributed by atoms with E-state index in [0.29, 0.717) is 5.69 Å². The Morgan fingerprint density at radius 3 is 2.42 bits per heavy atom. The van der Waals surface area contributed by atoms with Gasteiger partial charge >= 0.3 is 12.2 Å². The van der Waals surface area contributed by atoms with Gasteiger partial charge in [0.2, 0.25) is 0 Å². The third kappa shape index (κ3) is 4.35. The number of amides is 2. The van der Waals surface area contributed by atoms with Gasteiger partial charge in [0.05, 0.1) is 24.0 Å². The molecule has 0 spiro atoms. The summed E-state index contributed by atoms with van der Waals surface area (Å²) < 4.78 is 39.0. The standard InChI is InChI=1S/C16H13F3N6O/c17-16(18,19)11-1-3-12(4-2-11)22-15(26)21-9-13-10-25(24-23-13)14-5-7-20-8-6-14/h1-8,10H,9H2,(H2,21,22,26). The lowest BCUT2D eigenvalue weighted by atomic mass is 10.2. The lowest BCUT2D eigenvalue weighted by Gasteiger charge is -2.09. The maximum absolute atomic E-state index is 12.5. The zero-order valence-corrected chi connectivity index (χ0v) is 13.2. The Morgan fingerprint density at radius 2 is 1.77 bits per heavy atom. The van der Waals surface area contributed by atoms with E-state index in [4.69, 9.17) is 0 Å². The summed E-state index contributed by atoms with van der Waals surface area (Å²) in [5.74, 6) is 0. The first-order chi connectivity index (χ1) is 12.4. The number of hydrogen-bond donors (Lipinski definition) is 2. The van der Waals surface area contributed by atoms with Crippen LogP contribution < -0.4 is 10.6 Å². The number of nitrogens with zero attached hydrogens (tertiary/aromatic N) is 4. The van der Waals surface area contributed by atoms with Gasteiger partial charge < -0.3 is 10.6 Å². The van der Waals surface area contributed by atoms with E-state index in [1.54, 1.807) is 30.7 Å². The molecule has 2 aromatic heterocycles. The van der Waals surface area contributed by atoms with E-state index in [9.17, 15) is 18.0 Å². The quantitative estimate of drug-likeness (QED) is 0.747. The molecule has 3 rings (SSSR count). The number of carbonyl (C=O) groups is 1. The van der Waals surface area contributed by atoms with Crippen molar-refractivity contribution in [2.75, 3.05) is 5.32 Å². The molecule has 0 radical (unpaired) electrons. The zero-order valence-electron chi connectivity index (χ0n) is 13.2. The molecule has 2 amide bonds. The minimum atomic E-state index is -4.42. The average molecular weight is 362 g/mol. The van der Waals surface area contributed by atoms with Crippen molar-refractivity contribution < 1.29 is 18.0 Å². The highest BCUT2D eigenvalue weighted by Gasteiger charge is 2.29. The van der Waals surface area contributed by atoms with Gasteiger partial charge in [-0.15, -0.1) is 5.10 Å². The summed E-state index contributed by atoms with van der Waals surface area (Å²) >= 11 is 0. The highest BCUT2D eigenvalue weighted by molar-refractivity contribution is 5.89. The Morgan fingerprint density at radius 1 is 1.08 bits per heavy atom. The van der Waals surface area contributed by atoms with E-state index in [1.165, 1.54) is 16.8 Å². The maximum Gasteiger partial charge on any atom is 0.416 e. The van der Waals surface area contributed by atoms with Gasteiger partial charge in [-0.3, -0.25) is 4.98 Å². The molecule has 0 aliphatic carbocycles. The summed E-state index contributed by atoms with van der Waals surface area (Å²) in [4.78, 5) is 15.7.